The van der Waals surface area contributed by atoms with Gasteiger partial charge in [0.1, 0.15) is 6.04 Å². The Morgan fingerprint density at radius 3 is 2.64 bits per heavy atom. The summed E-state index contributed by atoms with van der Waals surface area (Å²) >= 11 is 0. The first-order valence-electron chi connectivity index (χ1n) is 3.76. The highest BCUT2D eigenvalue weighted by molar-refractivity contribution is 5.74. The molecular formula is C7H11NO3. The predicted molar refractivity (Wildman–Crippen MR) is 37.3 cm³/mol. The van der Waals surface area contributed by atoms with Crippen LogP contribution < -0.4 is 5.32 Å². The molecule has 0 bridgehead atoms. The molecule has 2 rings (SSSR count). The van der Waals surface area contributed by atoms with Gasteiger partial charge in [0, 0.05) is 12.0 Å². The van der Waals surface area contributed by atoms with Gasteiger partial charge in [0.25, 0.3) is 0 Å². The molecule has 1 spiro atoms. The lowest BCUT2D eigenvalue weighted by molar-refractivity contribution is -0.140. The van der Waals surface area contributed by atoms with Gasteiger partial charge in [0.15, 0.2) is 0 Å². The van der Waals surface area contributed by atoms with E-state index in [-0.39, 0.29) is 11.5 Å². The Balaban J connectivity index is 1.98. The fraction of sp³-hybridized carbons (Fsp3) is 0.857. The van der Waals surface area contributed by atoms with Crippen molar-refractivity contribution >= 4 is 5.97 Å². The molecular weight excluding hydrogens is 146 g/mol. The lowest BCUT2D eigenvalue weighted by Gasteiger charge is -2.37. The van der Waals surface area contributed by atoms with Crippen molar-refractivity contribution in [3.05, 3.63) is 0 Å². The summed E-state index contributed by atoms with van der Waals surface area (Å²) in [5, 5.41) is 11.6. The van der Waals surface area contributed by atoms with E-state index in [1.807, 2.05) is 0 Å². The highest BCUT2D eigenvalue weighted by atomic mass is 16.5. The van der Waals surface area contributed by atoms with Crippen LogP contribution in [-0.2, 0) is 9.53 Å². The van der Waals surface area contributed by atoms with Crippen molar-refractivity contribution in [2.75, 3.05) is 19.8 Å². The van der Waals surface area contributed by atoms with Gasteiger partial charge in [-0.1, -0.05) is 0 Å². The predicted octanol–water partition coefficient (Wildman–Crippen LogP) is -0.551. The van der Waals surface area contributed by atoms with Crippen molar-refractivity contribution in [3.8, 4) is 0 Å². The van der Waals surface area contributed by atoms with Crippen LogP contribution >= 0.6 is 0 Å². The molecule has 2 N–H and O–H groups in total. The smallest absolute Gasteiger partial charge is 0.320 e. The van der Waals surface area contributed by atoms with E-state index in [0.29, 0.717) is 0 Å². The van der Waals surface area contributed by atoms with Crippen LogP contribution in [0.25, 0.3) is 0 Å². The van der Waals surface area contributed by atoms with E-state index in [1.165, 1.54) is 0 Å². The van der Waals surface area contributed by atoms with E-state index < -0.39 is 5.97 Å². The zero-order valence-electron chi connectivity index (χ0n) is 6.17. The van der Waals surface area contributed by atoms with Crippen molar-refractivity contribution in [1.82, 2.24) is 5.32 Å². The molecule has 0 aromatic heterocycles. The van der Waals surface area contributed by atoms with Gasteiger partial charge in [0.2, 0.25) is 0 Å². The molecule has 0 amide bonds. The summed E-state index contributed by atoms with van der Waals surface area (Å²) in [5.41, 5.74) is 0.156. The van der Waals surface area contributed by atoms with Gasteiger partial charge in [-0.3, -0.25) is 4.79 Å². The summed E-state index contributed by atoms with van der Waals surface area (Å²) in [6.07, 6.45) is 0.725. The Hall–Kier alpha value is -0.610. The summed E-state index contributed by atoms with van der Waals surface area (Å²) < 4.78 is 5.06. The second-order valence-corrected chi connectivity index (χ2v) is 3.47. The van der Waals surface area contributed by atoms with Crippen LogP contribution in [0.4, 0.5) is 0 Å². The molecule has 62 valence electrons. The second-order valence-electron chi connectivity index (χ2n) is 3.47. The van der Waals surface area contributed by atoms with Crippen LogP contribution in [-0.4, -0.2) is 36.9 Å². The SMILES string of the molecule is O=C(O)C1CC2(CN1)COC2. The van der Waals surface area contributed by atoms with Crippen LogP contribution in [0, 0.1) is 5.41 Å². The summed E-state index contributed by atoms with van der Waals surface area (Å²) in [6.45, 7) is 2.25. The molecule has 0 radical (unpaired) electrons. The first-order chi connectivity index (χ1) is 5.22. The van der Waals surface area contributed by atoms with Gasteiger partial charge in [-0.2, -0.15) is 0 Å². The molecule has 0 aromatic carbocycles. The number of carbonyl (C=O) groups is 1. The maximum Gasteiger partial charge on any atom is 0.320 e. The lowest BCUT2D eigenvalue weighted by atomic mass is 9.84. The van der Waals surface area contributed by atoms with Crippen LogP contribution in [0.5, 0.6) is 0 Å². The van der Waals surface area contributed by atoms with Gasteiger partial charge in [-0.25, -0.2) is 0 Å². The number of rotatable bonds is 1. The minimum absolute atomic E-state index is 0.156. The van der Waals surface area contributed by atoms with Crippen molar-refractivity contribution < 1.29 is 14.6 Å². The molecule has 11 heavy (non-hydrogen) atoms. The zero-order chi connectivity index (χ0) is 7.90. The molecule has 2 heterocycles. The first-order valence-corrected chi connectivity index (χ1v) is 3.76. The van der Waals surface area contributed by atoms with Crippen LogP contribution in [0.3, 0.4) is 0 Å². The fourth-order valence-corrected chi connectivity index (χ4v) is 1.70. The minimum Gasteiger partial charge on any atom is -0.480 e. The second kappa shape index (κ2) is 2.19. The van der Waals surface area contributed by atoms with Gasteiger partial charge in [-0.15, -0.1) is 0 Å². The van der Waals surface area contributed by atoms with Crippen molar-refractivity contribution in [2.24, 2.45) is 5.41 Å². The monoisotopic (exact) mass is 157 g/mol. The zero-order valence-corrected chi connectivity index (χ0v) is 6.17. The highest BCUT2D eigenvalue weighted by Gasteiger charge is 2.46. The van der Waals surface area contributed by atoms with Crippen molar-refractivity contribution in [2.45, 2.75) is 12.5 Å². The Morgan fingerprint density at radius 2 is 2.36 bits per heavy atom. The minimum atomic E-state index is -0.742. The number of aliphatic carboxylic acids is 1. The third-order valence-corrected chi connectivity index (χ3v) is 2.48. The van der Waals surface area contributed by atoms with E-state index in [0.717, 1.165) is 26.2 Å². The normalized spacial score (nSPS) is 33.6. The quantitative estimate of drug-likeness (QED) is 0.536. The van der Waals surface area contributed by atoms with Crippen LogP contribution in [0.15, 0.2) is 0 Å². The van der Waals surface area contributed by atoms with Gasteiger partial charge in [0.05, 0.1) is 13.2 Å². The number of hydrogen-bond acceptors (Lipinski definition) is 3. The summed E-state index contributed by atoms with van der Waals surface area (Å²) in [5.74, 6) is -0.742. The van der Waals surface area contributed by atoms with Crippen molar-refractivity contribution in [3.63, 3.8) is 0 Å². The maximum atomic E-state index is 10.5. The Labute approximate surface area is 64.5 Å². The third kappa shape index (κ3) is 1.02. The Bertz CT molecular complexity index is 188. The molecule has 2 aliphatic heterocycles. The van der Waals surface area contributed by atoms with Gasteiger partial charge < -0.3 is 15.2 Å². The van der Waals surface area contributed by atoms with Crippen LogP contribution in [0.2, 0.25) is 0 Å². The maximum absolute atomic E-state index is 10.5. The van der Waals surface area contributed by atoms with E-state index in [2.05, 4.69) is 5.32 Å². The lowest BCUT2D eigenvalue weighted by Crippen LogP contribution is -2.44. The summed E-state index contributed by atoms with van der Waals surface area (Å²) in [6, 6.07) is -0.348. The number of hydrogen-bond donors (Lipinski definition) is 2. The largest absolute Gasteiger partial charge is 0.480 e. The fourth-order valence-electron chi connectivity index (χ4n) is 1.70. The van der Waals surface area contributed by atoms with E-state index in [4.69, 9.17) is 9.84 Å². The highest BCUT2D eigenvalue weighted by Crippen LogP contribution is 2.36. The first kappa shape index (κ1) is 7.06. The number of carboxylic acids is 1. The van der Waals surface area contributed by atoms with E-state index in [9.17, 15) is 4.79 Å². The molecule has 0 aliphatic carbocycles. The Kier molecular flexibility index (Phi) is 1.40. The van der Waals surface area contributed by atoms with Gasteiger partial charge in [-0.05, 0) is 6.42 Å². The number of ether oxygens (including phenoxy) is 1. The molecule has 4 nitrogen and oxygen atoms in total. The van der Waals surface area contributed by atoms with E-state index >= 15 is 0 Å². The molecule has 4 heteroatoms. The molecule has 0 saturated carbocycles. The molecule has 2 saturated heterocycles. The summed E-state index contributed by atoms with van der Waals surface area (Å²) in [4.78, 5) is 10.5. The van der Waals surface area contributed by atoms with E-state index in [1.54, 1.807) is 0 Å². The molecule has 1 atom stereocenters. The topological polar surface area (TPSA) is 58.6 Å². The standard InChI is InChI=1S/C7H11NO3/c9-6(10)5-1-7(2-8-5)3-11-4-7/h5,8H,1-4H2,(H,9,10). The Morgan fingerprint density at radius 1 is 1.64 bits per heavy atom. The molecule has 2 fully saturated rings. The third-order valence-electron chi connectivity index (χ3n) is 2.48. The molecule has 1 unspecified atom stereocenters. The average Bonchev–Trinajstić information content (AvgIpc) is 2.28. The summed E-state index contributed by atoms with van der Waals surface area (Å²) in [7, 11) is 0. The molecule has 2 aliphatic rings. The van der Waals surface area contributed by atoms with Crippen LogP contribution in [0.1, 0.15) is 6.42 Å². The number of nitrogens with one attached hydrogen (secondary N) is 1. The van der Waals surface area contributed by atoms with Gasteiger partial charge >= 0.3 is 5.97 Å². The molecule has 0 aromatic rings. The number of carboxylic acid groups (broad SMARTS) is 1. The van der Waals surface area contributed by atoms with Crippen molar-refractivity contribution in [1.29, 1.82) is 0 Å². The average molecular weight is 157 g/mol.